The molecule has 0 spiro atoms. The minimum absolute atomic E-state index is 0.448. The van der Waals surface area contributed by atoms with Crippen LogP contribution in [0.5, 0.6) is 0 Å². The second-order valence-electron chi connectivity index (χ2n) is 5.52. The summed E-state index contributed by atoms with van der Waals surface area (Å²) in [7, 11) is 0. The SMILES string of the molecule is CCCN1CCCC(C#N)(Nc2ccc(Cl)cc2)CC1. The average Bonchev–Trinajstić information content (AvgIpc) is 2.66. The van der Waals surface area contributed by atoms with E-state index in [2.05, 4.69) is 23.2 Å². The topological polar surface area (TPSA) is 39.1 Å². The minimum atomic E-state index is -0.448. The number of nitriles is 1. The monoisotopic (exact) mass is 291 g/mol. The Kier molecular flexibility index (Phi) is 5.28. The predicted octanol–water partition coefficient (Wildman–Crippen LogP) is 3.91. The van der Waals surface area contributed by atoms with Gasteiger partial charge in [-0.1, -0.05) is 18.5 Å². The average molecular weight is 292 g/mol. The van der Waals surface area contributed by atoms with Crippen molar-refractivity contribution in [1.29, 1.82) is 5.26 Å². The van der Waals surface area contributed by atoms with Crippen molar-refractivity contribution in [2.24, 2.45) is 0 Å². The van der Waals surface area contributed by atoms with Crippen molar-refractivity contribution in [2.45, 2.75) is 38.1 Å². The van der Waals surface area contributed by atoms with E-state index in [1.165, 1.54) is 6.42 Å². The third-order valence-corrected chi connectivity index (χ3v) is 4.17. The first kappa shape index (κ1) is 15.2. The number of benzene rings is 1. The number of halogens is 1. The minimum Gasteiger partial charge on any atom is -0.367 e. The Morgan fingerprint density at radius 2 is 2.05 bits per heavy atom. The summed E-state index contributed by atoms with van der Waals surface area (Å²) in [5.41, 5.74) is 0.524. The quantitative estimate of drug-likeness (QED) is 0.914. The van der Waals surface area contributed by atoms with E-state index in [0.29, 0.717) is 0 Å². The number of hydrogen-bond donors (Lipinski definition) is 1. The number of rotatable bonds is 4. The van der Waals surface area contributed by atoms with Gasteiger partial charge in [0.15, 0.2) is 0 Å². The van der Waals surface area contributed by atoms with Gasteiger partial charge in [-0.15, -0.1) is 0 Å². The van der Waals surface area contributed by atoms with Gasteiger partial charge in [0.05, 0.1) is 6.07 Å². The smallest absolute Gasteiger partial charge is 0.126 e. The van der Waals surface area contributed by atoms with E-state index in [1.807, 2.05) is 24.3 Å². The summed E-state index contributed by atoms with van der Waals surface area (Å²) in [6.07, 6.45) is 4.00. The molecule has 1 aromatic carbocycles. The van der Waals surface area contributed by atoms with E-state index in [1.54, 1.807) is 0 Å². The summed E-state index contributed by atoms with van der Waals surface area (Å²) < 4.78 is 0. The van der Waals surface area contributed by atoms with Crippen molar-refractivity contribution < 1.29 is 0 Å². The van der Waals surface area contributed by atoms with Crippen LogP contribution < -0.4 is 5.32 Å². The van der Waals surface area contributed by atoms with Gasteiger partial charge in [-0.25, -0.2) is 0 Å². The summed E-state index contributed by atoms with van der Waals surface area (Å²) in [6.45, 7) is 5.42. The zero-order chi connectivity index (χ0) is 14.4. The molecule has 1 unspecified atom stereocenters. The lowest BCUT2D eigenvalue weighted by molar-refractivity contribution is 0.283. The Labute approximate surface area is 126 Å². The van der Waals surface area contributed by atoms with Gasteiger partial charge < -0.3 is 10.2 Å². The van der Waals surface area contributed by atoms with Crippen LogP contribution in [0.1, 0.15) is 32.6 Å². The van der Waals surface area contributed by atoms with Crippen LogP contribution in [-0.2, 0) is 0 Å². The molecular formula is C16H22ClN3. The number of hydrogen-bond acceptors (Lipinski definition) is 3. The molecule has 2 rings (SSSR count). The van der Waals surface area contributed by atoms with Crippen molar-refractivity contribution in [3.8, 4) is 6.07 Å². The number of nitrogens with one attached hydrogen (secondary N) is 1. The van der Waals surface area contributed by atoms with Crippen LogP contribution >= 0.6 is 11.6 Å². The Morgan fingerprint density at radius 1 is 1.30 bits per heavy atom. The third-order valence-electron chi connectivity index (χ3n) is 3.91. The lowest BCUT2D eigenvalue weighted by Gasteiger charge is -2.28. The van der Waals surface area contributed by atoms with Crippen molar-refractivity contribution in [1.82, 2.24) is 4.90 Å². The van der Waals surface area contributed by atoms with Gasteiger partial charge in [0.25, 0.3) is 0 Å². The first-order chi connectivity index (χ1) is 9.67. The van der Waals surface area contributed by atoms with E-state index < -0.39 is 5.54 Å². The summed E-state index contributed by atoms with van der Waals surface area (Å²) in [4.78, 5) is 2.46. The Balaban J connectivity index is 2.06. The van der Waals surface area contributed by atoms with Gasteiger partial charge in [0.1, 0.15) is 5.54 Å². The Hall–Kier alpha value is -1.24. The molecule has 3 nitrogen and oxygen atoms in total. The van der Waals surface area contributed by atoms with Crippen molar-refractivity contribution in [2.75, 3.05) is 25.0 Å². The molecule has 1 heterocycles. The second kappa shape index (κ2) is 6.97. The first-order valence-corrected chi connectivity index (χ1v) is 7.72. The lowest BCUT2D eigenvalue weighted by atomic mass is 9.92. The first-order valence-electron chi connectivity index (χ1n) is 7.35. The summed E-state index contributed by atoms with van der Waals surface area (Å²) in [5, 5.41) is 13.8. The molecular weight excluding hydrogens is 270 g/mol. The van der Waals surface area contributed by atoms with E-state index in [9.17, 15) is 5.26 Å². The van der Waals surface area contributed by atoms with E-state index in [4.69, 9.17) is 11.6 Å². The highest BCUT2D eigenvalue weighted by Gasteiger charge is 2.32. The van der Waals surface area contributed by atoms with E-state index >= 15 is 0 Å². The molecule has 1 aromatic rings. The van der Waals surface area contributed by atoms with Crippen LogP contribution in [0.3, 0.4) is 0 Å². The lowest BCUT2D eigenvalue weighted by Crippen LogP contribution is -2.38. The van der Waals surface area contributed by atoms with Gasteiger partial charge in [-0.3, -0.25) is 0 Å². The second-order valence-corrected chi connectivity index (χ2v) is 5.96. The van der Waals surface area contributed by atoms with Gasteiger partial charge >= 0.3 is 0 Å². The van der Waals surface area contributed by atoms with Gasteiger partial charge in [-0.05, 0) is 63.0 Å². The van der Waals surface area contributed by atoms with Crippen molar-refractivity contribution in [3.63, 3.8) is 0 Å². The van der Waals surface area contributed by atoms with Crippen LogP contribution in [0.4, 0.5) is 5.69 Å². The molecule has 0 radical (unpaired) electrons. The van der Waals surface area contributed by atoms with Crippen LogP contribution in [0.25, 0.3) is 0 Å². The molecule has 4 heteroatoms. The standard InChI is InChI=1S/C16H22ClN3/c1-2-10-20-11-3-8-16(13-18,9-12-20)19-15-6-4-14(17)5-7-15/h4-7,19H,2-3,8-12H2,1H3. The molecule has 1 aliphatic rings. The predicted molar refractivity (Wildman–Crippen MR) is 84.0 cm³/mol. The van der Waals surface area contributed by atoms with Crippen LogP contribution in [0, 0.1) is 11.3 Å². The summed E-state index contributed by atoms with van der Waals surface area (Å²) in [6, 6.07) is 10.1. The molecule has 0 aliphatic carbocycles. The zero-order valence-electron chi connectivity index (χ0n) is 12.0. The normalized spacial score (nSPS) is 23.9. The van der Waals surface area contributed by atoms with Gasteiger partial charge in [0.2, 0.25) is 0 Å². The number of nitrogens with zero attached hydrogens (tertiary/aromatic N) is 2. The van der Waals surface area contributed by atoms with Crippen molar-refractivity contribution in [3.05, 3.63) is 29.3 Å². The van der Waals surface area contributed by atoms with E-state index in [-0.39, 0.29) is 0 Å². The fourth-order valence-corrected chi connectivity index (χ4v) is 2.93. The molecule has 0 aromatic heterocycles. The van der Waals surface area contributed by atoms with Crippen LogP contribution in [-0.4, -0.2) is 30.1 Å². The zero-order valence-corrected chi connectivity index (χ0v) is 12.8. The molecule has 20 heavy (non-hydrogen) atoms. The highest BCUT2D eigenvalue weighted by Crippen LogP contribution is 2.27. The molecule has 0 saturated carbocycles. The highest BCUT2D eigenvalue weighted by molar-refractivity contribution is 6.30. The summed E-state index contributed by atoms with van der Waals surface area (Å²) >= 11 is 5.90. The molecule has 1 saturated heterocycles. The molecule has 0 bridgehead atoms. The third kappa shape index (κ3) is 3.88. The maximum atomic E-state index is 9.64. The van der Waals surface area contributed by atoms with E-state index in [0.717, 1.165) is 49.6 Å². The molecule has 1 aliphatic heterocycles. The van der Waals surface area contributed by atoms with Crippen molar-refractivity contribution >= 4 is 17.3 Å². The number of anilines is 1. The molecule has 108 valence electrons. The fourth-order valence-electron chi connectivity index (χ4n) is 2.80. The molecule has 1 atom stereocenters. The van der Waals surface area contributed by atoms with Crippen LogP contribution in [0.15, 0.2) is 24.3 Å². The summed E-state index contributed by atoms with van der Waals surface area (Å²) in [5.74, 6) is 0. The Morgan fingerprint density at radius 3 is 2.70 bits per heavy atom. The highest BCUT2D eigenvalue weighted by atomic mass is 35.5. The fraction of sp³-hybridized carbons (Fsp3) is 0.562. The Bertz CT molecular complexity index is 466. The maximum Gasteiger partial charge on any atom is 0.126 e. The molecule has 1 N–H and O–H groups in total. The van der Waals surface area contributed by atoms with Crippen LogP contribution in [0.2, 0.25) is 5.02 Å². The number of likely N-dealkylation sites (tertiary alicyclic amines) is 1. The molecule has 1 fully saturated rings. The van der Waals surface area contributed by atoms with Gasteiger partial charge in [0, 0.05) is 17.3 Å². The maximum absolute atomic E-state index is 9.64. The molecule has 0 amide bonds. The largest absolute Gasteiger partial charge is 0.367 e. The van der Waals surface area contributed by atoms with Gasteiger partial charge in [-0.2, -0.15) is 5.26 Å².